The Labute approximate surface area is 128 Å². The van der Waals surface area contributed by atoms with E-state index in [1.54, 1.807) is 24.3 Å². The number of ether oxygens (including phenoxy) is 1. The molecule has 2 aromatic carbocycles. The molecule has 0 bridgehead atoms. The van der Waals surface area contributed by atoms with Crippen LogP contribution < -0.4 is 5.32 Å². The monoisotopic (exact) mass is 327 g/mol. The van der Waals surface area contributed by atoms with Gasteiger partial charge in [0, 0.05) is 11.3 Å². The van der Waals surface area contributed by atoms with Crippen LogP contribution in [0.1, 0.15) is 27.7 Å². The Morgan fingerprint density at radius 2 is 1.86 bits per heavy atom. The number of anilines is 1. The minimum Gasteiger partial charge on any atom is -0.434 e. The Bertz CT molecular complexity index is 746. The van der Waals surface area contributed by atoms with Crippen molar-refractivity contribution >= 4 is 23.3 Å². The van der Waals surface area contributed by atoms with Crippen LogP contribution in [-0.2, 0) is 10.9 Å². The van der Waals surface area contributed by atoms with Crippen LogP contribution in [0.5, 0.6) is 0 Å². The molecule has 0 spiro atoms. The van der Waals surface area contributed by atoms with Gasteiger partial charge in [0.25, 0.3) is 0 Å². The first-order chi connectivity index (χ1) is 10.4. The first-order valence-electron chi connectivity index (χ1n) is 6.29. The normalized spacial score (nSPS) is 17.1. The zero-order valence-corrected chi connectivity index (χ0v) is 11.7. The van der Waals surface area contributed by atoms with Crippen molar-refractivity contribution in [2.45, 2.75) is 12.4 Å². The number of alkyl halides is 3. The first-order valence-corrected chi connectivity index (χ1v) is 6.67. The van der Waals surface area contributed by atoms with Crippen LogP contribution in [0.25, 0.3) is 0 Å². The molecule has 1 aliphatic heterocycles. The molecule has 1 heterocycles. The molecule has 1 aliphatic rings. The van der Waals surface area contributed by atoms with E-state index in [4.69, 9.17) is 16.3 Å². The van der Waals surface area contributed by atoms with E-state index in [1.807, 2.05) is 0 Å². The van der Waals surface area contributed by atoms with E-state index in [9.17, 15) is 18.0 Å². The van der Waals surface area contributed by atoms with Gasteiger partial charge in [-0.15, -0.1) is 0 Å². The summed E-state index contributed by atoms with van der Waals surface area (Å²) < 4.78 is 43.7. The molecule has 3 rings (SSSR count). The molecule has 1 unspecified atom stereocenters. The summed E-state index contributed by atoms with van der Waals surface area (Å²) in [6, 6.07) is 10.1. The molecule has 114 valence electrons. The van der Waals surface area contributed by atoms with Crippen molar-refractivity contribution in [3.8, 4) is 0 Å². The van der Waals surface area contributed by atoms with Crippen LogP contribution in [0.4, 0.5) is 18.9 Å². The number of hydrogen-bond donors (Lipinski definition) is 1. The number of carbonyl (C=O) groups excluding carboxylic acids is 1. The average Bonchev–Trinajstić information content (AvgIpc) is 2.77. The van der Waals surface area contributed by atoms with Crippen LogP contribution in [0.15, 0.2) is 42.5 Å². The molecule has 0 radical (unpaired) electrons. The number of cyclic esters (lactones) is 1. The van der Waals surface area contributed by atoms with Crippen LogP contribution >= 0.6 is 11.6 Å². The number of hydrogen-bond acceptors (Lipinski definition) is 3. The van der Waals surface area contributed by atoms with Gasteiger partial charge in [-0.05, 0) is 24.3 Å². The second-order valence-corrected chi connectivity index (χ2v) is 5.12. The average molecular weight is 328 g/mol. The second-order valence-electron chi connectivity index (χ2n) is 4.71. The second kappa shape index (κ2) is 5.21. The van der Waals surface area contributed by atoms with E-state index in [0.717, 1.165) is 12.1 Å². The predicted octanol–water partition coefficient (Wildman–Crippen LogP) is 4.64. The highest BCUT2D eigenvalue weighted by atomic mass is 35.5. The van der Waals surface area contributed by atoms with E-state index in [2.05, 4.69) is 5.32 Å². The number of fused-ring (bicyclic) bond motifs is 1. The van der Waals surface area contributed by atoms with Crippen molar-refractivity contribution in [3.05, 3.63) is 64.2 Å². The van der Waals surface area contributed by atoms with Crippen molar-refractivity contribution in [3.63, 3.8) is 0 Å². The van der Waals surface area contributed by atoms with Gasteiger partial charge in [-0.3, -0.25) is 0 Å². The SMILES string of the molecule is O=C1OC(Nc2ccc(Cl)c(C(F)(F)F)c2)c2ccccc21. The minimum atomic E-state index is -4.56. The van der Waals surface area contributed by atoms with E-state index in [-0.39, 0.29) is 10.7 Å². The third-order valence-electron chi connectivity index (χ3n) is 3.26. The largest absolute Gasteiger partial charge is 0.434 e. The molecule has 0 fully saturated rings. The van der Waals surface area contributed by atoms with Crippen molar-refractivity contribution in [2.24, 2.45) is 0 Å². The predicted molar refractivity (Wildman–Crippen MR) is 74.7 cm³/mol. The molecule has 0 aromatic heterocycles. The van der Waals surface area contributed by atoms with Gasteiger partial charge in [-0.25, -0.2) is 4.79 Å². The summed E-state index contributed by atoms with van der Waals surface area (Å²) >= 11 is 5.57. The highest BCUT2D eigenvalue weighted by molar-refractivity contribution is 6.31. The van der Waals surface area contributed by atoms with Gasteiger partial charge in [0.1, 0.15) is 0 Å². The molecule has 0 saturated heterocycles. The number of nitrogens with one attached hydrogen (secondary N) is 1. The number of rotatable bonds is 2. The van der Waals surface area contributed by atoms with Gasteiger partial charge < -0.3 is 10.1 Å². The summed E-state index contributed by atoms with van der Waals surface area (Å²) in [6.45, 7) is 0. The Balaban J connectivity index is 1.91. The van der Waals surface area contributed by atoms with Gasteiger partial charge in [-0.1, -0.05) is 29.8 Å². The minimum absolute atomic E-state index is 0.159. The zero-order valence-electron chi connectivity index (χ0n) is 10.9. The molecule has 1 N–H and O–H groups in total. The van der Waals surface area contributed by atoms with Gasteiger partial charge in [0.2, 0.25) is 6.23 Å². The maximum Gasteiger partial charge on any atom is 0.417 e. The Morgan fingerprint density at radius 3 is 2.59 bits per heavy atom. The van der Waals surface area contributed by atoms with Crippen LogP contribution in [0.3, 0.4) is 0 Å². The number of benzene rings is 2. The standard InChI is InChI=1S/C15H9ClF3NO2/c16-12-6-5-8(7-11(12)15(17,18)19)20-13-9-3-1-2-4-10(9)14(21)22-13/h1-7,13,20H. The lowest BCUT2D eigenvalue weighted by Crippen LogP contribution is -2.12. The van der Waals surface area contributed by atoms with Crippen LogP contribution in [0, 0.1) is 0 Å². The molecule has 0 saturated carbocycles. The molecular weight excluding hydrogens is 319 g/mol. The number of esters is 1. The van der Waals surface area contributed by atoms with Crippen LogP contribution in [0.2, 0.25) is 5.02 Å². The lowest BCUT2D eigenvalue weighted by atomic mass is 10.1. The summed E-state index contributed by atoms with van der Waals surface area (Å²) in [5.74, 6) is -0.516. The topological polar surface area (TPSA) is 38.3 Å². The highest BCUT2D eigenvalue weighted by Gasteiger charge is 2.34. The Kier molecular flexibility index (Phi) is 3.48. The third kappa shape index (κ3) is 2.62. The molecular formula is C15H9ClF3NO2. The lowest BCUT2D eigenvalue weighted by Gasteiger charge is -2.16. The van der Waals surface area contributed by atoms with Crippen molar-refractivity contribution in [1.29, 1.82) is 0 Å². The molecule has 3 nitrogen and oxygen atoms in total. The van der Waals surface area contributed by atoms with Gasteiger partial charge in [0.05, 0.1) is 16.1 Å². The van der Waals surface area contributed by atoms with E-state index in [1.165, 1.54) is 6.07 Å². The molecule has 2 aromatic rings. The molecule has 1 atom stereocenters. The van der Waals surface area contributed by atoms with Gasteiger partial charge in [0.15, 0.2) is 0 Å². The summed E-state index contributed by atoms with van der Waals surface area (Å²) in [6.07, 6.45) is -5.38. The fraction of sp³-hybridized carbons (Fsp3) is 0.133. The zero-order chi connectivity index (χ0) is 15.9. The third-order valence-corrected chi connectivity index (χ3v) is 3.59. The highest BCUT2D eigenvalue weighted by Crippen LogP contribution is 2.38. The lowest BCUT2D eigenvalue weighted by molar-refractivity contribution is -0.137. The van der Waals surface area contributed by atoms with Gasteiger partial charge in [-0.2, -0.15) is 13.2 Å². The van der Waals surface area contributed by atoms with E-state index in [0.29, 0.717) is 11.1 Å². The summed E-state index contributed by atoms with van der Waals surface area (Å²) in [4.78, 5) is 11.7. The van der Waals surface area contributed by atoms with Crippen molar-refractivity contribution < 1.29 is 22.7 Å². The number of carbonyl (C=O) groups is 1. The maximum atomic E-state index is 12.8. The first kappa shape index (κ1) is 14.7. The molecule has 22 heavy (non-hydrogen) atoms. The Hall–Kier alpha value is -2.21. The number of halogens is 4. The molecule has 7 heteroatoms. The van der Waals surface area contributed by atoms with Crippen molar-refractivity contribution in [2.75, 3.05) is 5.32 Å². The summed E-state index contributed by atoms with van der Waals surface area (Å²) in [5.41, 5.74) is 0.184. The summed E-state index contributed by atoms with van der Waals surface area (Å²) in [5, 5.41) is 2.38. The molecule has 0 amide bonds. The van der Waals surface area contributed by atoms with Gasteiger partial charge >= 0.3 is 12.1 Å². The van der Waals surface area contributed by atoms with E-state index >= 15 is 0 Å². The fourth-order valence-corrected chi connectivity index (χ4v) is 2.46. The Morgan fingerprint density at radius 1 is 1.14 bits per heavy atom. The quantitative estimate of drug-likeness (QED) is 0.817. The summed E-state index contributed by atoms with van der Waals surface area (Å²) in [7, 11) is 0. The van der Waals surface area contributed by atoms with Crippen LogP contribution in [-0.4, -0.2) is 5.97 Å². The maximum absolute atomic E-state index is 12.8. The van der Waals surface area contributed by atoms with Crippen molar-refractivity contribution in [1.82, 2.24) is 0 Å². The molecule has 0 aliphatic carbocycles. The fourth-order valence-electron chi connectivity index (χ4n) is 2.24. The van der Waals surface area contributed by atoms with E-state index < -0.39 is 23.9 Å². The smallest absolute Gasteiger partial charge is 0.417 e.